The van der Waals surface area contributed by atoms with Crippen LogP contribution in [0.1, 0.15) is 39.0 Å². The van der Waals surface area contributed by atoms with Crippen LogP contribution in [-0.4, -0.2) is 68.7 Å². The van der Waals surface area contributed by atoms with E-state index in [4.69, 9.17) is 0 Å². The van der Waals surface area contributed by atoms with Crippen LogP contribution in [0.5, 0.6) is 0 Å². The first-order valence-electron chi connectivity index (χ1n) is 7.95. The summed E-state index contributed by atoms with van der Waals surface area (Å²) in [5, 5.41) is 3.27. The molecule has 5 nitrogen and oxygen atoms in total. The topological polar surface area (TPSA) is 52.7 Å². The summed E-state index contributed by atoms with van der Waals surface area (Å²) in [5.41, 5.74) is 0. The van der Waals surface area contributed by atoms with E-state index in [-0.39, 0.29) is 5.75 Å². The molecule has 2 rings (SSSR count). The van der Waals surface area contributed by atoms with E-state index in [2.05, 4.69) is 24.2 Å². The van der Waals surface area contributed by atoms with E-state index in [9.17, 15) is 8.42 Å². The number of rotatable bonds is 7. The molecule has 0 radical (unpaired) electrons. The quantitative estimate of drug-likeness (QED) is 0.709. The maximum absolute atomic E-state index is 12.4. The van der Waals surface area contributed by atoms with Crippen LogP contribution in [0.15, 0.2) is 0 Å². The fourth-order valence-corrected chi connectivity index (χ4v) is 4.89. The lowest BCUT2D eigenvalue weighted by Gasteiger charge is -2.25. The van der Waals surface area contributed by atoms with E-state index in [1.807, 2.05) is 0 Å². The lowest BCUT2D eigenvalue weighted by molar-refractivity contribution is 0.246. The van der Waals surface area contributed by atoms with Gasteiger partial charge in [-0.1, -0.05) is 6.92 Å². The fourth-order valence-electron chi connectivity index (χ4n) is 3.34. The summed E-state index contributed by atoms with van der Waals surface area (Å²) >= 11 is 0. The Bertz CT molecular complexity index is 399. The number of nitrogens with one attached hydrogen (secondary N) is 1. The molecule has 2 unspecified atom stereocenters. The molecule has 0 aromatic carbocycles. The van der Waals surface area contributed by atoms with Gasteiger partial charge in [0.1, 0.15) is 0 Å². The second-order valence-electron chi connectivity index (χ2n) is 6.12. The molecule has 20 heavy (non-hydrogen) atoms. The van der Waals surface area contributed by atoms with Gasteiger partial charge in [0.05, 0.1) is 5.75 Å². The molecule has 1 N–H and O–H groups in total. The first-order valence-corrected chi connectivity index (χ1v) is 9.56. The third-order valence-electron chi connectivity index (χ3n) is 4.69. The smallest absolute Gasteiger partial charge is 0.214 e. The molecule has 2 atom stereocenters. The number of fused-ring (bicyclic) bond motifs is 2. The Labute approximate surface area is 123 Å². The van der Waals surface area contributed by atoms with Crippen molar-refractivity contribution < 1.29 is 8.42 Å². The molecule has 0 aromatic heterocycles. The minimum Gasteiger partial charge on any atom is -0.317 e. The van der Waals surface area contributed by atoms with Crippen molar-refractivity contribution >= 4 is 10.0 Å². The van der Waals surface area contributed by atoms with Gasteiger partial charge in [-0.05, 0) is 52.2 Å². The summed E-state index contributed by atoms with van der Waals surface area (Å²) in [6, 6.07) is 1.02. The zero-order chi connectivity index (χ0) is 14.6. The summed E-state index contributed by atoms with van der Waals surface area (Å²) in [6.45, 7) is 5.28. The number of nitrogens with zero attached hydrogens (tertiary/aromatic N) is 2. The number of likely N-dealkylation sites (N-methyl/N-ethyl adjacent to an activating group) is 1. The van der Waals surface area contributed by atoms with Gasteiger partial charge in [0.2, 0.25) is 10.0 Å². The predicted octanol–water partition coefficient (Wildman–Crippen LogP) is 0.874. The molecule has 0 amide bonds. The second-order valence-corrected chi connectivity index (χ2v) is 8.21. The highest BCUT2D eigenvalue weighted by Gasteiger charge is 2.37. The molecular formula is C14H29N3O2S. The van der Waals surface area contributed by atoms with Crippen LogP contribution in [0.25, 0.3) is 0 Å². The Kier molecular flexibility index (Phi) is 5.84. The summed E-state index contributed by atoms with van der Waals surface area (Å²) in [5.74, 6) is 0.283. The molecule has 2 aliphatic rings. The molecule has 2 aliphatic heterocycles. The largest absolute Gasteiger partial charge is 0.317 e. The highest BCUT2D eigenvalue weighted by molar-refractivity contribution is 7.89. The predicted molar refractivity (Wildman–Crippen MR) is 82.3 cm³/mol. The van der Waals surface area contributed by atoms with Crippen LogP contribution in [0.2, 0.25) is 0 Å². The van der Waals surface area contributed by atoms with Crippen molar-refractivity contribution in [3.8, 4) is 0 Å². The van der Waals surface area contributed by atoms with E-state index in [1.165, 1.54) is 6.42 Å². The van der Waals surface area contributed by atoms with Crippen molar-refractivity contribution in [1.29, 1.82) is 0 Å². The van der Waals surface area contributed by atoms with Gasteiger partial charge in [-0.15, -0.1) is 0 Å². The normalized spacial score (nSPS) is 28.7. The Hall–Kier alpha value is -0.170. The summed E-state index contributed by atoms with van der Waals surface area (Å²) in [7, 11) is -0.927. The average molecular weight is 303 g/mol. The van der Waals surface area contributed by atoms with Crippen LogP contribution >= 0.6 is 0 Å². The van der Waals surface area contributed by atoms with Crippen molar-refractivity contribution in [2.45, 2.75) is 51.1 Å². The molecular weight excluding hydrogens is 274 g/mol. The van der Waals surface area contributed by atoms with E-state index in [1.54, 1.807) is 4.31 Å². The van der Waals surface area contributed by atoms with Gasteiger partial charge >= 0.3 is 0 Å². The van der Waals surface area contributed by atoms with Crippen LogP contribution in [0.4, 0.5) is 0 Å². The molecule has 118 valence electrons. The zero-order valence-corrected chi connectivity index (χ0v) is 13.7. The first-order chi connectivity index (χ1) is 9.54. The summed E-state index contributed by atoms with van der Waals surface area (Å²) in [6.07, 6.45) is 5.17. The van der Waals surface area contributed by atoms with Crippen molar-refractivity contribution in [1.82, 2.24) is 14.5 Å². The summed E-state index contributed by atoms with van der Waals surface area (Å²) in [4.78, 5) is 2.39. The van der Waals surface area contributed by atoms with Gasteiger partial charge < -0.3 is 5.32 Å². The lowest BCUT2D eigenvalue weighted by Crippen LogP contribution is -2.41. The van der Waals surface area contributed by atoms with Gasteiger partial charge in [-0.3, -0.25) is 4.90 Å². The van der Waals surface area contributed by atoms with Crippen LogP contribution < -0.4 is 5.32 Å². The fraction of sp³-hybridized carbons (Fsp3) is 1.00. The van der Waals surface area contributed by atoms with Crippen LogP contribution in [-0.2, 0) is 10.0 Å². The number of hydrogen-bond acceptors (Lipinski definition) is 4. The zero-order valence-electron chi connectivity index (χ0n) is 12.8. The van der Waals surface area contributed by atoms with Gasteiger partial charge in [-0.25, -0.2) is 12.7 Å². The maximum atomic E-state index is 12.4. The molecule has 0 aliphatic carbocycles. The van der Waals surface area contributed by atoms with E-state index >= 15 is 0 Å². The Morgan fingerprint density at radius 3 is 2.65 bits per heavy atom. The standard InChI is InChI=1S/C14H29N3O2S/c1-3-8-15-9-4-11-20(18,19)17-10-7-13-5-6-14(12-17)16(13)2/h13-15H,3-12H2,1-2H3. The highest BCUT2D eigenvalue weighted by atomic mass is 32.2. The molecule has 0 aromatic rings. The Morgan fingerprint density at radius 2 is 1.90 bits per heavy atom. The van der Waals surface area contributed by atoms with Crippen LogP contribution in [0, 0.1) is 0 Å². The SMILES string of the molecule is CCCNCCCS(=O)(=O)N1CCC2CCC(C1)N2C. The van der Waals surface area contributed by atoms with Gasteiger partial charge in [0.15, 0.2) is 0 Å². The van der Waals surface area contributed by atoms with E-state index in [0.717, 1.165) is 32.4 Å². The van der Waals surface area contributed by atoms with Crippen LogP contribution in [0.3, 0.4) is 0 Å². The summed E-state index contributed by atoms with van der Waals surface area (Å²) < 4.78 is 26.6. The Morgan fingerprint density at radius 1 is 1.15 bits per heavy atom. The van der Waals surface area contributed by atoms with Crippen molar-refractivity contribution in [2.24, 2.45) is 0 Å². The first kappa shape index (κ1) is 16.2. The average Bonchev–Trinajstić information content (AvgIpc) is 2.62. The molecule has 0 spiro atoms. The molecule has 0 saturated carbocycles. The van der Waals surface area contributed by atoms with E-state index in [0.29, 0.717) is 31.6 Å². The minimum atomic E-state index is -3.07. The number of hydrogen-bond donors (Lipinski definition) is 1. The molecule has 2 bridgehead atoms. The maximum Gasteiger partial charge on any atom is 0.214 e. The Balaban J connectivity index is 1.83. The highest BCUT2D eigenvalue weighted by Crippen LogP contribution is 2.29. The van der Waals surface area contributed by atoms with Crippen molar-refractivity contribution in [3.05, 3.63) is 0 Å². The van der Waals surface area contributed by atoms with Crippen molar-refractivity contribution in [3.63, 3.8) is 0 Å². The van der Waals surface area contributed by atoms with Gasteiger partial charge in [0.25, 0.3) is 0 Å². The third kappa shape index (κ3) is 3.93. The second kappa shape index (κ2) is 7.20. The number of sulfonamides is 1. The molecule has 6 heteroatoms. The van der Waals surface area contributed by atoms with E-state index < -0.39 is 10.0 Å². The van der Waals surface area contributed by atoms with Gasteiger partial charge in [-0.2, -0.15) is 0 Å². The van der Waals surface area contributed by atoms with Gasteiger partial charge in [0, 0.05) is 25.2 Å². The monoisotopic (exact) mass is 303 g/mol. The minimum absolute atomic E-state index is 0.283. The molecule has 2 fully saturated rings. The van der Waals surface area contributed by atoms with Crippen molar-refractivity contribution in [2.75, 3.05) is 39.0 Å². The third-order valence-corrected chi connectivity index (χ3v) is 6.61. The molecule has 2 heterocycles. The molecule has 2 saturated heterocycles. The lowest BCUT2D eigenvalue weighted by atomic mass is 10.1.